The Bertz CT molecular complexity index is 786. The molecule has 0 saturated carbocycles. The molecule has 3 rings (SSSR count). The molecule has 0 aliphatic heterocycles. The van der Waals surface area contributed by atoms with Crippen LogP contribution in [0.25, 0.3) is 11.1 Å². The molecule has 6 heteroatoms. The fourth-order valence-corrected chi connectivity index (χ4v) is 2.63. The van der Waals surface area contributed by atoms with Crippen molar-refractivity contribution in [2.75, 3.05) is 5.43 Å². The highest BCUT2D eigenvalue weighted by Crippen LogP contribution is 2.18. The number of hydrazine groups is 1. The van der Waals surface area contributed by atoms with Crippen LogP contribution in [-0.2, 0) is 11.3 Å². The lowest BCUT2D eigenvalue weighted by Crippen LogP contribution is -2.25. The molecule has 0 bridgehead atoms. The smallest absolute Gasteiger partial charge is 0.408 e. The zero-order valence-electron chi connectivity index (χ0n) is 12.5. The molecule has 0 amide bonds. The van der Waals surface area contributed by atoms with Crippen LogP contribution in [0, 0.1) is 0 Å². The van der Waals surface area contributed by atoms with Crippen molar-refractivity contribution in [1.29, 1.82) is 0 Å². The number of Topliss-reactive ketones (excluding diaryl/α,β-unsaturated/α-hetero) is 1. The van der Waals surface area contributed by atoms with E-state index < -0.39 is 0 Å². The van der Waals surface area contributed by atoms with Crippen molar-refractivity contribution in [3.63, 3.8) is 0 Å². The fraction of sp³-hybridized carbons (Fsp3) is 0.375. The summed E-state index contributed by atoms with van der Waals surface area (Å²) in [5, 5.41) is 0. The van der Waals surface area contributed by atoms with Gasteiger partial charge in [0.2, 0.25) is 0 Å². The van der Waals surface area contributed by atoms with Crippen molar-refractivity contribution in [1.82, 2.24) is 9.99 Å². The SMILES string of the molecule is CCn1c(=O)oc2cc(NNC3=CCCCCC3=O)ccc21. The zero-order valence-corrected chi connectivity index (χ0v) is 12.5. The summed E-state index contributed by atoms with van der Waals surface area (Å²) < 4.78 is 6.79. The molecular formula is C16H19N3O3. The largest absolute Gasteiger partial charge is 0.419 e. The van der Waals surface area contributed by atoms with E-state index >= 15 is 0 Å². The number of carbonyl (C=O) groups excluding carboxylic acids is 1. The Morgan fingerprint density at radius 1 is 1.23 bits per heavy atom. The number of aromatic nitrogens is 1. The van der Waals surface area contributed by atoms with Crippen LogP contribution in [0.15, 0.2) is 39.2 Å². The number of nitrogens with zero attached hydrogens (tertiary/aromatic N) is 1. The molecule has 1 aromatic heterocycles. The normalized spacial score (nSPS) is 15.5. The van der Waals surface area contributed by atoms with E-state index in [2.05, 4.69) is 10.9 Å². The average molecular weight is 301 g/mol. The van der Waals surface area contributed by atoms with Crippen LogP contribution < -0.4 is 16.6 Å². The summed E-state index contributed by atoms with van der Waals surface area (Å²) in [5.41, 5.74) is 8.60. The van der Waals surface area contributed by atoms with Gasteiger partial charge in [-0.25, -0.2) is 4.79 Å². The standard InChI is InChI=1S/C16H19N3O3/c1-2-19-13-9-8-11(10-15(13)22-16(19)21)17-18-12-6-4-3-5-7-14(12)20/h6,8-10,17-18H,2-5,7H2,1H3. The van der Waals surface area contributed by atoms with E-state index in [-0.39, 0.29) is 11.5 Å². The Balaban J connectivity index is 1.78. The van der Waals surface area contributed by atoms with Crippen LogP contribution in [-0.4, -0.2) is 10.4 Å². The molecule has 2 N–H and O–H groups in total. The average Bonchev–Trinajstić information content (AvgIpc) is 2.68. The molecular weight excluding hydrogens is 282 g/mol. The lowest BCUT2D eigenvalue weighted by molar-refractivity contribution is -0.115. The molecule has 0 radical (unpaired) electrons. The predicted molar refractivity (Wildman–Crippen MR) is 84.5 cm³/mol. The van der Waals surface area contributed by atoms with Gasteiger partial charge in [-0.3, -0.25) is 14.8 Å². The number of benzene rings is 1. The minimum atomic E-state index is -0.357. The zero-order chi connectivity index (χ0) is 15.5. The quantitative estimate of drug-likeness (QED) is 0.849. The van der Waals surface area contributed by atoms with E-state index in [0.29, 0.717) is 24.2 Å². The summed E-state index contributed by atoms with van der Waals surface area (Å²) in [6.07, 6.45) is 5.38. The number of carbonyl (C=O) groups is 1. The van der Waals surface area contributed by atoms with Crippen LogP contribution in [0.5, 0.6) is 0 Å². The number of hydrogen-bond donors (Lipinski definition) is 2. The number of fused-ring (bicyclic) bond motifs is 1. The molecule has 0 saturated heterocycles. The molecule has 1 aliphatic carbocycles. The molecule has 6 nitrogen and oxygen atoms in total. The van der Waals surface area contributed by atoms with Crippen LogP contribution in [0.4, 0.5) is 5.69 Å². The van der Waals surface area contributed by atoms with Gasteiger partial charge in [0, 0.05) is 19.0 Å². The molecule has 0 fully saturated rings. The minimum Gasteiger partial charge on any atom is -0.408 e. The number of aryl methyl sites for hydroxylation is 1. The van der Waals surface area contributed by atoms with Crippen LogP contribution in [0.1, 0.15) is 32.6 Å². The first-order chi connectivity index (χ1) is 10.7. The van der Waals surface area contributed by atoms with Gasteiger partial charge in [-0.2, -0.15) is 0 Å². The van der Waals surface area contributed by atoms with Gasteiger partial charge in [-0.05, 0) is 38.3 Å². The maximum absolute atomic E-state index is 11.9. The van der Waals surface area contributed by atoms with Crippen LogP contribution in [0.2, 0.25) is 0 Å². The minimum absolute atomic E-state index is 0.120. The van der Waals surface area contributed by atoms with E-state index in [4.69, 9.17) is 4.42 Å². The summed E-state index contributed by atoms with van der Waals surface area (Å²) >= 11 is 0. The Hall–Kier alpha value is -2.50. The monoisotopic (exact) mass is 301 g/mol. The number of allylic oxidation sites excluding steroid dienone is 2. The van der Waals surface area contributed by atoms with E-state index in [1.54, 1.807) is 10.6 Å². The molecule has 22 heavy (non-hydrogen) atoms. The van der Waals surface area contributed by atoms with Crippen molar-refractivity contribution in [2.24, 2.45) is 0 Å². The van der Waals surface area contributed by atoms with E-state index in [0.717, 1.165) is 30.5 Å². The van der Waals surface area contributed by atoms with Crippen molar-refractivity contribution in [3.05, 3.63) is 40.5 Å². The number of oxazole rings is 1. The highest BCUT2D eigenvalue weighted by molar-refractivity contribution is 5.95. The summed E-state index contributed by atoms with van der Waals surface area (Å²) in [7, 11) is 0. The molecule has 0 spiro atoms. The maximum Gasteiger partial charge on any atom is 0.419 e. The first kappa shape index (κ1) is 14.4. The van der Waals surface area contributed by atoms with Gasteiger partial charge in [-0.15, -0.1) is 0 Å². The summed E-state index contributed by atoms with van der Waals surface area (Å²) in [4.78, 5) is 23.6. The molecule has 1 aliphatic rings. The molecule has 1 heterocycles. The number of hydrogen-bond acceptors (Lipinski definition) is 5. The number of ketones is 1. The van der Waals surface area contributed by atoms with Gasteiger partial charge in [0.15, 0.2) is 11.4 Å². The number of rotatable bonds is 4. The first-order valence-electron chi connectivity index (χ1n) is 7.58. The maximum atomic E-state index is 11.9. The second-order valence-electron chi connectivity index (χ2n) is 5.33. The van der Waals surface area contributed by atoms with Crippen molar-refractivity contribution >= 4 is 22.6 Å². The Morgan fingerprint density at radius 2 is 2.09 bits per heavy atom. The molecule has 2 aromatic rings. The highest BCUT2D eigenvalue weighted by Gasteiger charge is 2.12. The fourth-order valence-electron chi connectivity index (χ4n) is 2.63. The number of nitrogens with one attached hydrogen (secondary N) is 2. The lowest BCUT2D eigenvalue weighted by Gasteiger charge is -2.11. The van der Waals surface area contributed by atoms with Gasteiger partial charge in [0.25, 0.3) is 0 Å². The first-order valence-corrected chi connectivity index (χ1v) is 7.58. The van der Waals surface area contributed by atoms with Crippen molar-refractivity contribution in [2.45, 2.75) is 39.2 Å². The number of anilines is 1. The molecule has 116 valence electrons. The van der Waals surface area contributed by atoms with E-state index in [9.17, 15) is 9.59 Å². The van der Waals surface area contributed by atoms with Gasteiger partial charge in [-0.1, -0.05) is 6.08 Å². The van der Waals surface area contributed by atoms with Crippen LogP contribution in [0.3, 0.4) is 0 Å². The molecule has 1 aromatic carbocycles. The summed E-state index contributed by atoms with van der Waals surface area (Å²) in [6.45, 7) is 2.46. The van der Waals surface area contributed by atoms with Gasteiger partial charge >= 0.3 is 5.76 Å². The highest BCUT2D eigenvalue weighted by atomic mass is 16.4. The Kier molecular flexibility index (Phi) is 4.00. The van der Waals surface area contributed by atoms with Gasteiger partial charge in [0.1, 0.15) is 0 Å². The van der Waals surface area contributed by atoms with Gasteiger partial charge < -0.3 is 9.84 Å². The second-order valence-corrected chi connectivity index (χ2v) is 5.33. The third-order valence-electron chi connectivity index (χ3n) is 3.83. The lowest BCUT2D eigenvalue weighted by atomic mass is 10.2. The topological polar surface area (TPSA) is 76.3 Å². The third kappa shape index (κ3) is 2.77. The Morgan fingerprint density at radius 3 is 2.91 bits per heavy atom. The van der Waals surface area contributed by atoms with Crippen LogP contribution >= 0.6 is 0 Å². The van der Waals surface area contributed by atoms with E-state index in [1.165, 1.54) is 0 Å². The second kappa shape index (κ2) is 6.09. The Labute approximate surface area is 127 Å². The van der Waals surface area contributed by atoms with Gasteiger partial charge in [0.05, 0.1) is 16.9 Å². The molecule has 0 atom stereocenters. The summed E-state index contributed by atoms with van der Waals surface area (Å²) in [6, 6.07) is 5.42. The predicted octanol–water partition coefficient (Wildman–Crippen LogP) is 2.56. The molecule has 0 unspecified atom stereocenters. The van der Waals surface area contributed by atoms with E-state index in [1.807, 2.05) is 25.1 Å². The summed E-state index contributed by atoms with van der Waals surface area (Å²) in [5.74, 6) is -0.237. The third-order valence-corrected chi connectivity index (χ3v) is 3.83. The van der Waals surface area contributed by atoms with Crippen molar-refractivity contribution < 1.29 is 9.21 Å². The van der Waals surface area contributed by atoms with Crippen molar-refractivity contribution in [3.8, 4) is 0 Å².